The van der Waals surface area contributed by atoms with Crippen LogP contribution < -0.4 is 5.56 Å². The number of aromatic hydroxyl groups is 1. The van der Waals surface area contributed by atoms with Gasteiger partial charge in [-0.2, -0.15) is 5.10 Å². The van der Waals surface area contributed by atoms with Gasteiger partial charge in [0, 0.05) is 0 Å². The summed E-state index contributed by atoms with van der Waals surface area (Å²) in [6, 6.07) is 0. The Morgan fingerprint density at radius 1 is 1.44 bits per heavy atom. The van der Waals surface area contributed by atoms with Crippen molar-refractivity contribution in [2.75, 3.05) is 0 Å². The summed E-state index contributed by atoms with van der Waals surface area (Å²) in [5.74, 6) is -0.342. The zero-order valence-electron chi connectivity index (χ0n) is 7.78. The van der Waals surface area contributed by atoms with Crippen LogP contribution in [0.2, 0.25) is 0 Å². The number of hydrogen-bond donors (Lipinski definition) is 3. The fraction of sp³-hybridized carbons (Fsp3) is 0. The van der Waals surface area contributed by atoms with E-state index in [0.29, 0.717) is 0 Å². The van der Waals surface area contributed by atoms with Crippen molar-refractivity contribution in [3.63, 3.8) is 0 Å². The van der Waals surface area contributed by atoms with Gasteiger partial charge in [-0.3, -0.25) is 9.78 Å². The second-order valence-corrected chi connectivity index (χ2v) is 3.17. The Kier molecular flexibility index (Phi) is 2.60. The Hall–Kier alpha value is -2.29. The third kappa shape index (κ3) is 2.03. The van der Waals surface area contributed by atoms with E-state index >= 15 is 0 Å². The minimum absolute atomic E-state index is 0.0256. The van der Waals surface area contributed by atoms with E-state index < -0.39 is 5.56 Å². The molecule has 0 aliphatic carbocycles. The van der Waals surface area contributed by atoms with E-state index in [1.807, 2.05) is 0 Å². The van der Waals surface area contributed by atoms with Gasteiger partial charge in [0.25, 0.3) is 5.56 Å². The highest BCUT2D eigenvalue weighted by Crippen LogP contribution is 2.03. The summed E-state index contributed by atoms with van der Waals surface area (Å²) in [5.41, 5.74) is -0.555. The Morgan fingerprint density at radius 2 is 2.12 bits per heavy atom. The Bertz CT molecular complexity index is 625. The zero-order valence-corrected chi connectivity index (χ0v) is 8.60. The highest BCUT2D eigenvalue weighted by molar-refractivity contribution is 7.71. The van der Waals surface area contributed by atoms with Gasteiger partial charge in [-0.15, -0.1) is 10.2 Å². The molecule has 8 nitrogen and oxygen atoms in total. The molecule has 0 aliphatic rings. The van der Waals surface area contributed by atoms with Crippen LogP contribution in [0, 0.1) is 4.77 Å². The summed E-state index contributed by atoms with van der Waals surface area (Å²) < 4.78 is 1.32. The van der Waals surface area contributed by atoms with E-state index in [-0.39, 0.29) is 16.2 Å². The van der Waals surface area contributed by atoms with Crippen molar-refractivity contribution in [1.29, 1.82) is 0 Å². The average Bonchev–Trinajstić information content (AvgIpc) is 2.68. The molecule has 2 rings (SSSR count). The molecular weight excluding hydrogens is 232 g/mol. The topological polar surface area (TPSA) is 112 Å². The van der Waals surface area contributed by atoms with Gasteiger partial charge in [0.15, 0.2) is 4.77 Å². The Morgan fingerprint density at radius 3 is 2.75 bits per heavy atom. The third-order valence-electron chi connectivity index (χ3n) is 1.69. The molecule has 0 fully saturated rings. The minimum Gasteiger partial charge on any atom is -0.494 e. The van der Waals surface area contributed by atoms with Crippen LogP contribution in [0.15, 0.2) is 22.6 Å². The predicted octanol–water partition coefficient (Wildman–Crippen LogP) is -0.388. The van der Waals surface area contributed by atoms with Crippen LogP contribution in [0.1, 0.15) is 5.56 Å². The van der Waals surface area contributed by atoms with E-state index in [0.717, 1.165) is 0 Å². The van der Waals surface area contributed by atoms with Gasteiger partial charge in [-0.05, 0) is 12.2 Å². The largest absolute Gasteiger partial charge is 0.494 e. The van der Waals surface area contributed by atoms with E-state index in [9.17, 15) is 9.90 Å². The first-order chi connectivity index (χ1) is 7.66. The fourth-order valence-electron chi connectivity index (χ4n) is 0.983. The summed E-state index contributed by atoms with van der Waals surface area (Å²) in [4.78, 5) is 16.1. The maximum atomic E-state index is 11.4. The lowest BCUT2D eigenvalue weighted by Gasteiger charge is -1.96. The first kappa shape index (κ1) is 10.2. The lowest BCUT2D eigenvalue weighted by molar-refractivity contribution is 0.449. The maximum Gasteiger partial charge on any atom is 0.264 e. The van der Waals surface area contributed by atoms with Crippen molar-refractivity contribution in [3.8, 4) is 5.88 Å². The second kappa shape index (κ2) is 4.06. The number of aromatic nitrogens is 5. The summed E-state index contributed by atoms with van der Waals surface area (Å²) in [6.07, 6.45) is 3.85. The normalized spacial score (nSPS) is 11.0. The molecule has 0 atom stereocenters. The lowest BCUT2D eigenvalue weighted by atomic mass is 10.3. The van der Waals surface area contributed by atoms with Crippen LogP contribution >= 0.6 is 12.2 Å². The molecule has 3 N–H and O–H groups in total. The molecule has 2 aromatic heterocycles. The van der Waals surface area contributed by atoms with Gasteiger partial charge in [0.1, 0.15) is 18.2 Å². The highest BCUT2D eigenvalue weighted by atomic mass is 32.1. The smallest absolute Gasteiger partial charge is 0.264 e. The van der Waals surface area contributed by atoms with Crippen molar-refractivity contribution < 1.29 is 5.11 Å². The van der Waals surface area contributed by atoms with Gasteiger partial charge in [-0.25, -0.2) is 4.68 Å². The summed E-state index contributed by atoms with van der Waals surface area (Å²) >= 11 is 4.67. The van der Waals surface area contributed by atoms with Crippen LogP contribution in [0.3, 0.4) is 0 Å². The monoisotopic (exact) mass is 238 g/mol. The highest BCUT2D eigenvalue weighted by Gasteiger charge is 2.03. The van der Waals surface area contributed by atoms with Gasteiger partial charge in [0.2, 0.25) is 5.88 Å². The molecule has 2 heterocycles. The van der Waals surface area contributed by atoms with Crippen LogP contribution in [-0.4, -0.2) is 36.2 Å². The number of H-pyrrole nitrogens is 2. The number of aromatic amines is 2. The molecule has 0 aromatic carbocycles. The quantitative estimate of drug-likeness (QED) is 0.487. The molecule has 0 aliphatic heterocycles. The second-order valence-electron chi connectivity index (χ2n) is 2.76. The van der Waals surface area contributed by atoms with Crippen molar-refractivity contribution >= 4 is 18.4 Å². The zero-order chi connectivity index (χ0) is 11.5. The number of nitrogens with one attached hydrogen (secondary N) is 2. The minimum atomic E-state index is -0.530. The number of nitrogens with zero attached hydrogens (tertiary/aromatic N) is 4. The van der Waals surface area contributed by atoms with Crippen molar-refractivity contribution in [1.82, 2.24) is 24.8 Å². The van der Waals surface area contributed by atoms with Crippen molar-refractivity contribution in [2.45, 2.75) is 0 Å². The van der Waals surface area contributed by atoms with Gasteiger partial charge >= 0.3 is 0 Å². The van der Waals surface area contributed by atoms with E-state index in [1.165, 1.54) is 23.5 Å². The summed E-state index contributed by atoms with van der Waals surface area (Å²) in [7, 11) is 0. The summed E-state index contributed by atoms with van der Waals surface area (Å²) in [6.45, 7) is 0. The number of hydrogen-bond acceptors (Lipinski definition) is 6. The van der Waals surface area contributed by atoms with E-state index in [1.54, 1.807) is 0 Å². The molecule has 0 saturated heterocycles. The van der Waals surface area contributed by atoms with Gasteiger partial charge in [-0.1, -0.05) is 0 Å². The first-order valence-corrected chi connectivity index (χ1v) is 4.52. The molecule has 0 saturated carbocycles. The first-order valence-electron chi connectivity index (χ1n) is 4.11. The van der Waals surface area contributed by atoms with Gasteiger partial charge in [0.05, 0.1) is 6.21 Å². The molecule has 9 heteroatoms. The summed E-state index contributed by atoms with van der Waals surface area (Å²) in [5, 5.41) is 20.3. The molecule has 0 spiro atoms. The van der Waals surface area contributed by atoms with Crippen LogP contribution in [0.25, 0.3) is 0 Å². The molecule has 0 amide bonds. The molecule has 82 valence electrons. The average molecular weight is 238 g/mol. The van der Waals surface area contributed by atoms with Crippen LogP contribution in [-0.2, 0) is 0 Å². The molecule has 0 bridgehead atoms. The molecular formula is C7H6N6O2S. The third-order valence-corrected chi connectivity index (χ3v) is 1.89. The van der Waals surface area contributed by atoms with Gasteiger partial charge < -0.3 is 10.1 Å². The molecule has 0 unspecified atom stereocenters. The predicted molar refractivity (Wildman–Crippen MR) is 56.9 cm³/mol. The SMILES string of the molecule is O=c1[nH]c(=S)[nH]c(O)c1/C=N/n1cnnc1. The Labute approximate surface area is 93.3 Å². The fourth-order valence-corrected chi connectivity index (χ4v) is 1.17. The molecule has 0 radical (unpaired) electrons. The van der Waals surface area contributed by atoms with E-state index in [2.05, 4.69) is 37.5 Å². The molecule has 2 aromatic rings. The Balaban J connectivity index is 2.43. The van der Waals surface area contributed by atoms with Crippen molar-refractivity contribution in [2.24, 2.45) is 5.10 Å². The number of rotatable bonds is 2. The standard InChI is InChI=1S/C7H6N6O2S/c14-5-4(6(15)12-7(16)11-5)1-10-13-2-8-9-3-13/h1-3H,(H3,11,12,14,15,16)/b10-1+. The van der Waals surface area contributed by atoms with E-state index in [4.69, 9.17) is 0 Å². The maximum absolute atomic E-state index is 11.4. The molecule has 16 heavy (non-hydrogen) atoms. The lowest BCUT2D eigenvalue weighted by Crippen LogP contribution is -2.13. The van der Waals surface area contributed by atoms with Crippen molar-refractivity contribution in [3.05, 3.63) is 33.3 Å². The van der Waals surface area contributed by atoms with Crippen LogP contribution in [0.5, 0.6) is 5.88 Å². The van der Waals surface area contributed by atoms with Crippen LogP contribution in [0.4, 0.5) is 0 Å².